The fourth-order valence-corrected chi connectivity index (χ4v) is 2.98. The number of rotatable bonds is 5. The molecule has 0 bridgehead atoms. The summed E-state index contributed by atoms with van der Waals surface area (Å²) in [6.07, 6.45) is 0.0169. The maximum Gasteiger partial charge on any atom is 0.217 e. The molecule has 0 aromatic heterocycles. The van der Waals surface area contributed by atoms with Crippen molar-refractivity contribution in [3.8, 4) is 5.75 Å². The number of nitrogens with zero attached hydrogens (tertiary/aromatic N) is 1. The zero-order chi connectivity index (χ0) is 17.1. The summed E-state index contributed by atoms with van der Waals surface area (Å²) < 4.78 is 11.8. The number of quaternary nitrogens is 1. The maximum absolute atomic E-state index is 6.11. The summed E-state index contributed by atoms with van der Waals surface area (Å²) in [6.45, 7) is 1.29. The molecule has 0 spiro atoms. The molecule has 1 fully saturated rings. The summed E-state index contributed by atoms with van der Waals surface area (Å²) in [5, 5.41) is 3.34. The molecule has 24 heavy (non-hydrogen) atoms. The Balaban J connectivity index is 1.56. The molecule has 2 aromatic carbocycles. The third-order valence-electron chi connectivity index (χ3n) is 4.01. The second-order valence-corrected chi connectivity index (χ2v) is 6.87. The molecule has 1 saturated heterocycles. The van der Waals surface area contributed by atoms with Crippen LogP contribution in [-0.2, 0) is 4.74 Å². The molecule has 1 aliphatic heterocycles. The van der Waals surface area contributed by atoms with Gasteiger partial charge in [-0.05, 0) is 36.4 Å². The van der Waals surface area contributed by atoms with E-state index in [4.69, 9.17) is 32.7 Å². The Morgan fingerprint density at radius 2 is 1.92 bits per heavy atom. The van der Waals surface area contributed by atoms with E-state index < -0.39 is 0 Å². The molecule has 0 unspecified atom stereocenters. The number of ether oxygens (including phenoxy) is 2. The zero-order valence-electron chi connectivity index (χ0n) is 13.7. The van der Waals surface area contributed by atoms with Gasteiger partial charge in [-0.1, -0.05) is 23.2 Å². The lowest BCUT2D eigenvalue weighted by Crippen LogP contribution is -2.82. The van der Waals surface area contributed by atoms with Crippen LogP contribution in [0.4, 0.5) is 5.69 Å². The number of halogens is 2. The highest BCUT2D eigenvalue weighted by molar-refractivity contribution is 6.34. The maximum atomic E-state index is 6.11. The first-order valence-electron chi connectivity index (χ1n) is 7.87. The SMILES string of the molecule is CN(C)c1ccc([C@@H]2[NH2+]C[C@H](COc3cc(Cl)ccc3Cl)O2)cc1. The smallest absolute Gasteiger partial charge is 0.217 e. The fraction of sp³-hybridized carbons (Fsp3) is 0.333. The van der Waals surface area contributed by atoms with Crippen LogP contribution in [0, 0.1) is 0 Å². The lowest BCUT2D eigenvalue weighted by atomic mass is 10.2. The van der Waals surface area contributed by atoms with Gasteiger partial charge in [-0.25, -0.2) is 0 Å². The molecule has 4 nitrogen and oxygen atoms in total. The number of anilines is 1. The van der Waals surface area contributed by atoms with Crippen molar-refractivity contribution in [3.63, 3.8) is 0 Å². The van der Waals surface area contributed by atoms with Gasteiger partial charge in [-0.15, -0.1) is 0 Å². The molecule has 0 radical (unpaired) electrons. The second-order valence-electron chi connectivity index (χ2n) is 6.02. The van der Waals surface area contributed by atoms with Crippen LogP contribution in [0.5, 0.6) is 5.75 Å². The van der Waals surface area contributed by atoms with Gasteiger partial charge in [0.05, 0.1) is 5.02 Å². The monoisotopic (exact) mass is 367 g/mol. The van der Waals surface area contributed by atoms with Crippen molar-refractivity contribution in [1.29, 1.82) is 0 Å². The van der Waals surface area contributed by atoms with E-state index in [1.807, 2.05) is 14.1 Å². The van der Waals surface area contributed by atoms with Gasteiger partial charge >= 0.3 is 0 Å². The molecule has 128 valence electrons. The predicted octanol–water partition coefficient (Wildman–Crippen LogP) is 3.10. The van der Waals surface area contributed by atoms with Crippen molar-refractivity contribution in [3.05, 3.63) is 58.1 Å². The van der Waals surface area contributed by atoms with E-state index in [-0.39, 0.29) is 12.3 Å². The molecular weight excluding hydrogens is 347 g/mol. The molecule has 1 heterocycles. The highest BCUT2D eigenvalue weighted by atomic mass is 35.5. The number of benzene rings is 2. The van der Waals surface area contributed by atoms with Crippen molar-refractivity contribution >= 4 is 28.9 Å². The Morgan fingerprint density at radius 1 is 1.17 bits per heavy atom. The molecule has 0 saturated carbocycles. The molecule has 2 N–H and O–H groups in total. The summed E-state index contributed by atoms with van der Waals surface area (Å²) in [5.41, 5.74) is 2.33. The summed E-state index contributed by atoms with van der Waals surface area (Å²) in [7, 11) is 4.06. The van der Waals surface area contributed by atoms with Crippen LogP contribution < -0.4 is 15.0 Å². The predicted molar refractivity (Wildman–Crippen MR) is 97.1 cm³/mol. The minimum absolute atomic E-state index is 0.00430. The molecule has 0 aliphatic carbocycles. The Kier molecular flexibility index (Phi) is 5.51. The number of hydrogen-bond acceptors (Lipinski definition) is 3. The molecular formula is C18H21Cl2N2O2+. The highest BCUT2D eigenvalue weighted by Gasteiger charge is 2.30. The summed E-state index contributed by atoms with van der Waals surface area (Å²) in [4.78, 5) is 2.08. The van der Waals surface area contributed by atoms with Crippen LogP contribution >= 0.6 is 23.2 Å². The van der Waals surface area contributed by atoms with E-state index >= 15 is 0 Å². The van der Waals surface area contributed by atoms with E-state index in [0.717, 1.165) is 12.1 Å². The molecule has 2 aromatic rings. The van der Waals surface area contributed by atoms with Crippen molar-refractivity contribution < 1.29 is 14.8 Å². The largest absolute Gasteiger partial charge is 0.489 e. The van der Waals surface area contributed by atoms with Crippen molar-refractivity contribution in [2.24, 2.45) is 0 Å². The molecule has 0 amide bonds. The second kappa shape index (κ2) is 7.62. The molecule has 6 heteroatoms. The summed E-state index contributed by atoms with van der Waals surface area (Å²) in [5.74, 6) is 0.589. The van der Waals surface area contributed by atoms with E-state index in [2.05, 4.69) is 34.5 Å². The van der Waals surface area contributed by atoms with Gasteiger partial charge in [-0.3, -0.25) is 0 Å². The van der Waals surface area contributed by atoms with Gasteiger partial charge in [0.15, 0.2) is 0 Å². The Hall–Kier alpha value is -1.46. The number of hydrogen-bond donors (Lipinski definition) is 1. The van der Waals surface area contributed by atoms with Gasteiger partial charge in [0.2, 0.25) is 6.23 Å². The van der Waals surface area contributed by atoms with Gasteiger partial charge in [0.1, 0.15) is 25.0 Å². The standard InChI is InChI=1S/C18H20Cl2N2O2/c1-22(2)14-6-3-12(4-7-14)18-21-10-15(24-18)11-23-17-9-13(19)5-8-16(17)20/h3-9,15,18,21H,10-11H2,1-2H3/p+1/t15-,18-/m1/s1. The first kappa shape index (κ1) is 17.4. The average molecular weight is 368 g/mol. The van der Waals surface area contributed by atoms with Gasteiger partial charge < -0.3 is 19.7 Å². The Bertz CT molecular complexity index is 692. The first-order chi connectivity index (χ1) is 11.5. The Labute approximate surface area is 152 Å². The van der Waals surface area contributed by atoms with Crippen LogP contribution in [0.3, 0.4) is 0 Å². The van der Waals surface area contributed by atoms with Crippen molar-refractivity contribution in [1.82, 2.24) is 0 Å². The molecule has 2 atom stereocenters. The third kappa shape index (κ3) is 4.14. The minimum atomic E-state index is 0.00430. The first-order valence-corrected chi connectivity index (χ1v) is 8.62. The fourth-order valence-electron chi connectivity index (χ4n) is 2.65. The zero-order valence-corrected chi connectivity index (χ0v) is 15.2. The van der Waals surface area contributed by atoms with Gasteiger partial charge in [0.25, 0.3) is 0 Å². The van der Waals surface area contributed by atoms with E-state index in [1.165, 1.54) is 5.69 Å². The molecule has 1 aliphatic rings. The Morgan fingerprint density at radius 3 is 2.62 bits per heavy atom. The van der Waals surface area contributed by atoms with E-state index in [0.29, 0.717) is 22.4 Å². The van der Waals surface area contributed by atoms with Gasteiger partial charge in [-0.2, -0.15) is 0 Å². The van der Waals surface area contributed by atoms with E-state index in [1.54, 1.807) is 18.2 Å². The number of nitrogens with two attached hydrogens (primary N) is 1. The molecule has 3 rings (SSSR count). The average Bonchev–Trinajstić information content (AvgIpc) is 3.05. The van der Waals surface area contributed by atoms with E-state index in [9.17, 15) is 0 Å². The topological polar surface area (TPSA) is 38.3 Å². The van der Waals surface area contributed by atoms with Crippen LogP contribution in [0.15, 0.2) is 42.5 Å². The van der Waals surface area contributed by atoms with Crippen LogP contribution in [0.1, 0.15) is 11.8 Å². The minimum Gasteiger partial charge on any atom is -0.489 e. The third-order valence-corrected chi connectivity index (χ3v) is 4.56. The van der Waals surface area contributed by atoms with Crippen LogP contribution in [0.2, 0.25) is 10.0 Å². The van der Waals surface area contributed by atoms with Crippen molar-refractivity contribution in [2.45, 2.75) is 12.3 Å². The lowest BCUT2D eigenvalue weighted by Gasteiger charge is -2.14. The summed E-state index contributed by atoms with van der Waals surface area (Å²) >= 11 is 12.1. The lowest BCUT2D eigenvalue weighted by molar-refractivity contribution is -0.697. The van der Waals surface area contributed by atoms with Gasteiger partial charge in [0, 0.05) is 36.4 Å². The quantitative estimate of drug-likeness (QED) is 0.882. The van der Waals surface area contributed by atoms with Crippen LogP contribution in [0.25, 0.3) is 0 Å². The van der Waals surface area contributed by atoms with Crippen molar-refractivity contribution in [2.75, 3.05) is 32.1 Å². The normalized spacial score (nSPS) is 20.2. The van der Waals surface area contributed by atoms with Crippen LogP contribution in [-0.4, -0.2) is 33.4 Å². The highest BCUT2D eigenvalue weighted by Crippen LogP contribution is 2.28. The summed E-state index contributed by atoms with van der Waals surface area (Å²) in [6, 6.07) is 13.6.